The molecule has 4 heteroatoms. The third-order valence-electron chi connectivity index (χ3n) is 5.72. The third kappa shape index (κ3) is 2.57. The molecular formula is C17H21ClN2O. The first-order valence-corrected chi connectivity index (χ1v) is 8.40. The highest BCUT2D eigenvalue weighted by molar-refractivity contribution is 6.33. The molecule has 1 N–H and O–H groups in total. The van der Waals surface area contributed by atoms with Crippen molar-refractivity contribution in [2.75, 3.05) is 5.32 Å². The molecule has 0 atom stereocenters. The third-order valence-corrected chi connectivity index (χ3v) is 6.02. The summed E-state index contributed by atoms with van der Waals surface area (Å²) in [4.78, 5) is 16.6. The van der Waals surface area contributed by atoms with E-state index in [1.807, 2.05) is 0 Å². The molecule has 0 aliphatic heterocycles. The molecule has 0 aromatic carbocycles. The van der Waals surface area contributed by atoms with Crippen LogP contribution in [-0.2, 0) is 4.79 Å². The van der Waals surface area contributed by atoms with Crippen LogP contribution in [0, 0.1) is 23.2 Å². The second-order valence-electron chi connectivity index (χ2n) is 7.48. The molecule has 1 aromatic heterocycles. The molecule has 1 heterocycles. The van der Waals surface area contributed by atoms with E-state index in [2.05, 4.69) is 10.3 Å². The molecule has 0 spiro atoms. The monoisotopic (exact) mass is 304 g/mol. The molecule has 4 fully saturated rings. The van der Waals surface area contributed by atoms with Gasteiger partial charge in [0.25, 0.3) is 0 Å². The minimum atomic E-state index is 0.0811. The van der Waals surface area contributed by atoms with Gasteiger partial charge in [-0.3, -0.25) is 4.79 Å². The largest absolute Gasteiger partial charge is 0.309 e. The fraction of sp³-hybridized carbons (Fsp3) is 0.647. The van der Waals surface area contributed by atoms with Gasteiger partial charge in [0.1, 0.15) is 0 Å². The van der Waals surface area contributed by atoms with Crippen molar-refractivity contribution in [3.05, 3.63) is 23.4 Å². The summed E-state index contributed by atoms with van der Waals surface area (Å²) >= 11 is 6.07. The van der Waals surface area contributed by atoms with E-state index >= 15 is 0 Å². The van der Waals surface area contributed by atoms with E-state index in [9.17, 15) is 4.79 Å². The van der Waals surface area contributed by atoms with Gasteiger partial charge >= 0.3 is 0 Å². The van der Waals surface area contributed by atoms with Crippen LogP contribution in [0.3, 0.4) is 0 Å². The lowest BCUT2D eigenvalue weighted by molar-refractivity contribution is -0.124. The first-order chi connectivity index (χ1) is 10.1. The van der Waals surface area contributed by atoms with Crippen LogP contribution in [0.2, 0.25) is 5.02 Å². The number of hydrogen-bond donors (Lipinski definition) is 1. The van der Waals surface area contributed by atoms with Crippen molar-refractivity contribution < 1.29 is 4.79 Å². The highest BCUT2D eigenvalue weighted by atomic mass is 35.5. The van der Waals surface area contributed by atoms with Gasteiger partial charge in [-0.2, -0.15) is 0 Å². The smallest absolute Gasteiger partial charge is 0.226 e. The number of anilines is 1. The fourth-order valence-electron chi connectivity index (χ4n) is 5.50. The Balaban J connectivity index is 1.46. The van der Waals surface area contributed by atoms with Gasteiger partial charge in [0.05, 0.1) is 5.02 Å². The number of carbonyl (C=O) groups is 1. The Kier molecular flexibility index (Phi) is 3.21. The molecule has 4 aliphatic carbocycles. The lowest BCUT2D eigenvalue weighted by Gasteiger charge is -2.56. The molecule has 1 amide bonds. The molecule has 4 bridgehead atoms. The van der Waals surface area contributed by atoms with Gasteiger partial charge in [0.2, 0.25) is 5.91 Å². The second kappa shape index (κ2) is 4.98. The standard InChI is InChI=1S/C17H21ClN2O/c18-14-2-1-3-19-16(14)20-15(21)10-17-7-11-4-12(8-17)6-13(5-11)9-17/h1-3,11-13H,4-10H2,(H,19,20,21). The van der Waals surface area contributed by atoms with Crippen LogP contribution >= 0.6 is 11.6 Å². The summed E-state index contributed by atoms with van der Waals surface area (Å²) in [5.74, 6) is 3.21. The molecule has 5 rings (SSSR count). The van der Waals surface area contributed by atoms with E-state index in [-0.39, 0.29) is 11.3 Å². The normalized spacial score (nSPS) is 36.7. The van der Waals surface area contributed by atoms with Crippen molar-refractivity contribution in [1.29, 1.82) is 0 Å². The van der Waals surface area contributed by atoms with Gasteiger partial charge in [0.15, 0.2) is 5.82 Å². The van der Waals surface area contributed by atoms with E-state index < -0.39 is 0 Å². The Labute approximate surface area is 130 Å². The minimum absolute atomic E-state index is 0.0811. The number of rotatable bonds is 3. The number of pyridine rings is 1. The maximum atomic E-state index is 12.4. The zero-order valence-electron chi connectivity index (χ0n) is 12.1. The van der Waals surface area contributed by atoms with Crippen LogP contribution in [0.1, 0.15) is 44.9 Å². The molecule has 4 aliphatic rings. The van der Waals surface area contributed by atoms with Crippen LogP contribution in [-0.4, -0.2) is 10.9 Å². The summed E-state index contributed by atoms with van der Waals surface area (Å²) in [5.41, 5.74) is 0.264. The molecule has 1 aromatic rings. The lowest BCUT2D eigenvalue weighted by atomic mass is 9.49. The summed E-state index contributed by atoms with van der Waals surface area (Å²) < 4.78 is 0. The van der Waals surface area contributed by atoms with Gasteiger partial charge < -0.3 is 5.32 Å². The van der Waals surface area contributed by atoms with Crippen molar-refractivity contribution in [2.45, 2.75) is 44.9 Å². The summed E-state index contributed by atoms with van der Waals surface area (Å²) in [6, 6.07) is 3.53. The number of amides is 1. The Hall–Kier alpha value is -1.09. The van der Waals surface area contributed by atoms with E-state index in [1.165, 1.54) is 38.5 Å². The fourth-order valence-corrected chi connectivity index (χ4v) is 5.67. The summed E-state index contributed by atoms with van der Waals surface area (Å²) in [6.45, 7) is 0. The van der Waals surface area contributed by atoms with Crippen LogP contribution in [0.15, 0.2) is 18.3 Å². The van der Waals surface area contributed by atoms with Gasteiger partial charge in [-0.25, -0.2) is 4.98 Å². The zero-order valence-corrected chi connectivity index (χ0v) is 12.9. The number of halogens is 1. The number of aromatic nitrogens is 1. The van der Waals surface area contributed by atoms with Crippen molar-refractivity contribution in [1.82, 2.24) is 4.98 Å². The van der Waals surface area contributed by atoms with Gasteiger partial charge in [0, 0.05) is 12.6 Å². The summed E-state index contributed by atoms with van der Waals surface area (Å²) in [6.07, 6.45) is 10.3. The highest BCUT2D eigenvalue weighted by Gasteiger charge is 2.51. The SMILES string of the molecule is O=C(CC12CC3CC(CC(C3)C1)C2)Nc1ncccc1Cl. The summed E-state index contributed by atoms with van der Waals surface area (Å²) in [7, 11) is 0. The Morgan fingerprint density at radius 3 is 2.43 bits per heavy atom. The van der Waals surface area contributed by atoms with Gasteiger partial charge in [-0.05, 0) is 73.8 Å². The lowest BCUT2D eigenvalue weighted by Crippen LogP contribution is -2.47. The second-order valence-corrected chi connectivity index (χ2v) is 7.88. The number of hydrogen-bond acceptors (Lipinski definition) is 2. The molecule has 0 saturated heterocycles. The molecule has 0 unspecified atom stereocenters. The summed E-state index contributed by atoms with van der Waals surface area (Å²) in [5, 5.41) is 3.41. The van der Waals surface area contributed by atoms with Gasteiger partial charge in [-0.15, -0.1) is 0 Å². The Morgan fingerprint density at radius 2 is 1.86 bits per heavy atom. The predicted molar refractivity (Wildman–Crippen MR) is 83.1 cm³/mol. The van der Waals surface area contributed by atoms with Crippen molar-refractivity contribution in [3.63, 3.8) is 0 Å². The molecule has 4 saturated carbocycles. The number of nitrogens with one attached hydrogen (secondary N) is 1. The number of carbonyl (C=O) groups excluding carboxylic acids is 1. The maximum Gasteiger partial charge on any atom is 0.226 e. The minimum Gasteiger partial charge on any atom is -0.309 e. The van der Waals surface area contributed by atoms with E-state index in [0.29, 0.717) is 17.3 Å². The molecule has 0 radical (unpaired) electrons. The van der Waals surface area contributed by atoms with Crippen LogP contribution in [0.5, 0.6) is 0 Å². The van der Waals surface area contributed by atoms with E-state index in [0.717, 1.165) is 17.8 Å². The Morgan fingerprint density at radius 1 is 1.24 bits per heavy atom. The predicted octanol–water partition coefficient (Wildman–Crippen LogP) is 4.28. The molecule has 21 heavy (non-hydrogen) atoms. The maximum absolute atomic E-state index is 12.4. The van der Waals surface area contributed by atoms with E-state index in [4.69, 9.17) is 11.6 Å². The molecule has 112 valence electrons. The molecular weight excluding hydrogens is 284 g/mol. The van der Waals surface area contributed by atoms with Crippen molar-refractivity contribution >= 4 is 23.3 Å². The van der Waals surface area contributed by atoms with E-state index in [1.54, 1.807) is 18.3 Å². The first kappa shape index (κ1) is 13.6. The Bertz CT molecular complexity index is 536. The van der Waals surface area contributed by atoms with Crippen LogP contribution in [0.25, 0.3) is 0 Å². The first-order valence-electron chi connectivity index (χ1n) is 8.02. The van der Waals surface area contributed by atoms with Crippen LogP contribution < -0.4 is 5.32 Å². The van der Waals surface area contributed by atoms with Crippen molar-refractivity contribution in [2.24, 2.45) is 23.2 Å². The van der Waals surface area contributed by atoms with Crippen LogP contribution in [0.4, 0.5) is 5.82 Å². The van der Waals surface area contributed by atoms with Gasteiger partial charge in [-0.1, -0.05) is 11.6 Å². The average Bonchev–Trinajstić information content (AvgIpc) is 2.39. The average molecular weight is 305 g/mol. The molecule has 3 nitrogen and oxygen atoms in total. The quantitative estimate of drug-likeness (QED) is 0.905. The topological polar surface area (TPSA) is 42.0 Å². The van der Waals surface area contributed by atoms with Crippen molar-refractivity contribution in [3.8, 4) is 0 Å². The highest BCUT2D eigenvalue weighted by Crippen LogP contribution is 2.61. The number of nitrogens with zero attached hydrogens (tertiary/aromatic N) is 1. The zero-order chi connectivity index (χ0) is 14.4.